The maximum atomic E-state index is 12.2. The fourth-order valence-electron chi connectivity index (χ4n) is 1.51. The van der Waals surface area contributed by atoms with E-state index in [0.717, 1.165) is 12.3 Å². The van der Waals surface area contributed by atoms with Gasteiger partial charge in [-0.3, -0.25) is 14.4 Å². The quantitative estimate of drug-likeness (QED) is 0.857. The van der Waals surface area contributed by atoms with Crippen molar-refractivity contribution in [1.29, 1.82) is 0 Å². The highest BCUT2D eigenvalue weighted by Gasteiger charge is 2.34. The van der Waals surface area contributed by atoms with Crippen LogP contribution < -0.4 is 15.9 Å². The van der Waals surface area contributed by atoms with Gasteiger partial charge in [0.1, 0.15) is 0 Å². The number of anilines is 1. The number of pyridine rings is 1. The fourth-order valence-corrected chi connectivity index (χ4v) is 1.51. The second-order valence-electron chi connectivity index (χ2n) is 3.84. The molecule has 116 valence electrons. The van der Waals surface area contributed by atoms with Crippen LogP contribution in [0.3, 0.4) is 0 Å². The molecule has 0 bridgehead atoms. The first-order chi connectivity index (χ1) is 10.3. The number of primary amides is 1. The molecule has 0 saturated carbocycles. The average Bonchev–Trinajstić information content (AvgIpc) is 2.85. The van der Waals surface area contributed by atoms with Crippen LogP contribution >= 0.6 is 0 Å². The van der Waals surface area contributed by atoms with Gasteiger partial charge in [0.2, 0.25) is 0 Å². The normalized spacial score (nSPS) is 11.0. The van der Waals surface area contributed by atoms with Gasteiger partial charge in [-0.25, -0.2) is 4.98 Å². The highest BCUT2D eigenvalue weighted by atomic mass is 19.4. The summed E-state index contributed by atoms with van der Waals surface area (Å²) in [7, 11) is 0. The predicted molar refractivity (Wildman–Crippen MR) is 65.6 cm³/mol. The molecule has 0 aliphatic heterocycles. The number of carbonyl (C=O) groups is 2. The van der Waals surface area contributed by atoms with Crippen molar-refractivity contribution < 1.29 is 27.6 Å². The maximum Gasteiger partial charge on any atom is 0.593 e. The molecule has 0 aromatic carbocycles. The zero-order chi connectivity index (χ0) is 16.3. The molecule has 2 aromatic heterocycles. The smallest absolute Gasteiger partial charge is 0.364 e. The van der Waals surface area contributed by atoms with E-state index in [-0.39, 0.29) is 16.2 Å². The van der Waals surface area contributed by atoms with Crippen molar-refractivity contribution in [3.8, 4) is 0 Å². The number of nitrogens with two attached hydrogens (primary N) is 1. The summed E-state index contributed by atoms with van der Waals surface area (Å²) < 4.78 is 36.5. The Balaban J connectivity index is 2.24. The summed E-state index contributed by atoms with van der Waals surface area (Å²) >= 11 is 0. The third-order valence-corrected chi connectivity index (χ3v) is 2.32. The van der Waals surface area contributed by atoms with Crippen molar-refractivity contribution in [1.82, 2.24) is 14.9 Å². The lowest BCUT2D eigenvalue weighted by Crippen LogP contribution is -2.31. The number of halogens is 3. The van der Waals surface area contributed by atoms with E-state index in [1.165, 1.54) is 18.3 Å². The Hall–Kier alpha value is -3.11. The molecule has 0 aliphatic rings. The molecule has 0 saturated heterocycles. The molecule has 2 amide bonds. The number of alkyl halides is 3. The van der Waals surface area contributed by atoms with Crippen molar-refractivity contribution >= 4 is 17.5 Å². The molecule has 2 heterocycles. The minimum atomic E-state index is -5.02. The van der Waals surface area contributed by atoms with Crippen molar-refractivity contribution in [2.24, 2.45) is 5.73 Å². The molecule has 0 fully saturated rings. The van der Waals surface area contributed by atoms with Gasteiger partial charge in [-0.05, 0) is 18.2 Å². The number of nitrogens with one attached hydrogen (secondary N) is 1. The van der Waals surface area contributed by atoms with Crippen LogP contribution in [0.5, 0.6) is 0 Å². The summed E-state index contributed by atoms with van der Waals surface area (Å²) in [6.45, 7) is 0. The molecule has 3 N–H and O–H groups in total. The van der Waals surface area contributed by atoms with Crippen LogP contribution in [0, 0.1) is 0 Å². The Morgan fingerprint density at radius 2 is 2.00 bits per heavy atom. The van der Waals surface area contributed by atoms with Gasteiger partial charge in [0.15, 0.2) is 11.4 Å². The van der Waals surface area contributed by atoms with Gasteiger partial charge in [0.05, 0.1) is 11.9 Å². The lowest BCUT2D eigenvalue weighted by molar-refractivity contribution is -0.328. The first kappa shape index (κ1) is 15.3. The Bertz CT molecular complexity index is 713. The van der Waals surface area contributed by atoms with Crippen LogP contribution in [0.25, 0.3) is 0 Å². The predicted octanol–water partition coefficient (Wildman–Crippen LogP) is 0.578. The molecule has 0 spiro atoms. The molecule has 22 heavy (non-hydrogen) atoms. The van der Waals surface area contributed by atoms with E-state index >= 15 is 0 Å². The Labute approximate surface area is 120 Å². The first-order valence-electron chi connectivity index (χ1n) is 5.64. The van der Waals surface area contributed by atoms with Gasteiger partial charge in [0, 0.05) is 6.20 Å². The van der Waals surface area contributed by atoms with Gasteiger partial charge in [-0.1, -0.05) is 4.85 Å². The maximum absolute atomic E-state index is 12.2. The van der Waals surface area contributed by atoms with Crippen LogP contribution in [0.1, 0.15) is 21.0 Å². The van der Waals surface area contributed by atoms with Crippen LogP contribution in [0.4, 0.5) is 18.9 Å². The molecular weight excluding hydrogens is 307 g/mol. The highest BCUT2D eigenvalue weighted by Crippen LogP contribution is 2.16. The summed E-state index contributed by atoms with van der Waals surface area (Å²) in [6, 6.07) is 3.73. The third kappa shape index (κ3) is 3.50. The van der Waals surface area contributed by atoms with Crippen LogP contribution in [0.2, 0.25) is 0 Å². The SMILES string of the molecule is NC(=O)c1ncccc1NC(=O)c1ccnn1OC(F)(F)F. The van der Waals surface area contributed by atoms with Crippen molar-refractivity contribution in [2.75, 3.05) is 5.32 Å². The van der Waals surface area contributed by atoms with E-state index in [9.17, 15) is 22.8 Å². The lowest BCUT2D eigenvalue weighted by Gasteiger charge is -2.11. The number of carbonyl (C=O) groups excluding carboxylic acids is 2. The molecule has 0 atom stereocenters. The number of nitrogens with zero attached hydrogens (tertiary/aromatic N) is 3. The second-order valence-corrected chi connectivity index (χ2v) is 3.84. The van der Waals surface area contributed by atoms with E-state index in [1.54, 1.807) is 0 Å². The van der Waals surface area contributed by atoms with Crippen molar-refractivity contribution in [3.05, 3.63) is 42.0 Å². The Morgan fingerprint density at radius 1 is 1.27 bits per heavy atom. The highest BCUT2D eigenvalue weighted by molar-refractivity contribution is 6.07. The van der Waals surface area contributed by atoms with Gasteiger partial charge in [0.25, 0.3) is 11.8 Å². The summed E-state index contributed by atoms with van der Waals surface area (Å²) in [6.07, 6.45) is -2.81. The molecule has 2 rings (SSSR count). The Kier molecular flexibility index (Phi) is 3.97. The number of hydrogen-bond acceptors (Lipinski definition) is 5. The van der Waals surface area contributed by atoms with Gasteiger partial charge >= 0.3 is 6.36 Å². The molecule has 0 unspecified atom stereocenters. The number of rotatable bonds is 4. The van der Waals surface area contributed by atoms with Crippen molar-refractivity contribution in [3.63, 3.8) is 0 Å². The van der Waals surface area contributed by atoms with E-state index in [2.05, 4.69) is 20.2 Å². The number of hydrogen-bond donors (Lipinski definition) is 2. The molecule has 0 radical (unpaired) electrons. The standard InChI is InChI=1S/C11H8F3N5O3/c12-11(13,14)22-19-7(3-5-17-19)10(21)18-6-2-1-4-16-8(6)9(15)20/h1-5H,(H2,15,20)(H,18,21). The molecule has 11 heteroatoms. The summed E-state index contributed by atoms with van der Waals surface area (Å²) in [5, 5.41) is 5.44. The van der Waals surface area contributed by atoms with Gasteiger partial charge in [-0.15, -0.1) is 18.3 Å². The van der Waals surface area contributed by atoms with Gasteiger partial charge in [-0.2, -0.15) is 0 Å². The van der Waals surface area contributed by atoms with E-state index in [1.807, 2.05) is 0 Å². The van der Waals surface area contributed by atoms with Crippen LogP contribution in [0.15, 0.2) is 30.6 Å². The molecule has 2 aromatic rings. The van der Waals surface area contributed by atoms with Crippen LogP contribution in [-0.4, -0.2) is 33.1 Å². The van der Waals surface area contributed by atoms with E-state index in [4.69, 9.17) is 5.73 Å². The monoisotopic (exact) mass is 315 g/mol. The van der Waals surface area contributed by atoms with Crippen LogP contribution in [-0.2, 0) is 0 Å². The van der Waals surface area contributed by atoms with Gasteiger partial charge < -0.3 is 11.1 Å². The lowest BCUT2D eigenvalue weighted by atomic mass is 10.2. The summed E-state index contributed by atoms with van der Waals surface area (Å²) in [5.41, 5.74) is 4.25. The minimum Gasteiger partial charge on any atom is -0.364 e. The molecule has 8 nitrogen and oxygen atoms in total. The molecular formula is C11H8F3N5O3. The fraction of sp³-hybridized carbons (Fsp3) is 0.0909. The number of aromatic nitrogens is 3. The third-order valence-electron chi connectivity index (χ3n) is 2.32. The summed E-state index contributed by atoms with van der Waals surface area (Å²) in [5.74, 6) is -1.90. The van der Waals surface area contributed by atoms with E-state index in [0.29, 0.717) is 0 Å². The van der Waals surface area contributed by atoms with E-state index < -0.39 is 23.9 Å². The Morgan fingerprint density at radius 3 is 2.64 bits per heavy atom. The topological polar surface area (TPSA) is 112 Å². The average molecular weight is 315 g/mol. The first-order valence-corrected chi connectivity index (χ1v) is 5.64. The largest absolute Gasteiger partial charge is 0.593 e. The summed E-state index contributed by atoms with van der Waals surface area (Å²) in [4.78, 5) is 30.3. The number of amides is 2. The zero-order valence-electron chi connectivity index (χ0n) is 10.7. The van der Waals surface area contributed by atoms with Crippen molar-refractivity contribution in [2.45, 2.75) is 6.36 Å². The molecule has 0 aliphatic carbocycles. The zero-order valence-corrected chi connectivity index (χ0v) is 10.7. The minimum absolute atomic E-state index is 0.00957. The second kappa shape index (κ2) is 5.71.